The molecule has 0 amide bonds. The topological polar surface area (TPSA) is 78.1 Å². The van der Waals surface area contributed by atoms with E-state index in [-0.39, 0.29) is 0 Å². The second-order valence-corrected chi connectivity index (χ2v) is 8.42. The first-order valence-electron chi connectivity index (χ1n) is 10.4. The van der Waals surface area contributed by atoms with E-state index < -0.39 is 11.0 Å². The van der Waals surface area contributed by atoms with E-state index in [1.165, 1.54) is 0 Å². The zero-order valence-corrected chi connectivity index (χ0v) is 18.2. The molecule has 1 heterocycles. The molecule has 0 bridgehead atoms. The smallest absolute Gasteiger partial charge is 0.205 e. The third-order valence-corrected chi connectivity index (χ3v) is 6.11. The Morgan fingerprint density at radius 1 is 1.00 bits per heavy atom. The van der Waals surface area contributed by atoms with E-state index in [0.717, 1.165) is 53.0 Å². The maximum absolute atomic E-state index is 12.8. The van der Waals surface area contributed by atoms with Crippen LogP contribution in [0.5, 0.6) is 0 Å². The molecule has 0 saturated carbocycles. The van der Waals surface area contributed by atoms with Crippen molar-refractivity contribution in [2.45, 2.75) is 37.0 Å². The molecule has 0 aliphatic rings. The first-order valence-corrected chi connectivity index (χ1v) is 11.6. The zero-order chi connectivity index (χ0) is 21.7. The van der Waals surface area contributed by atoms with Crippen LogP contribution in [0, 0.1) is 11.5 Å². The highest BCUT2D eigenvalue weighted by atomic mass is 32.2. The Morgan fingerprint density at radius 2 is 1.81 bits per heavy atom. The number of nitrogens with one attached hydrogen (secondary N) is 1. The normalized spacial score (nSPS) is 12.3. The van der Waals surface area contributed by atoms with Crippen LogP contribution in [0.2, 0.25) is 0 Å². The van der Waals surface area contributed by atoms with Crippen LogP contribution in [-0.2, 0) is 17.4 Å². The minimum atomic E-state index is -1.26. The molecule has 1 unspecified atom stereocenters. The molecule has 1 atom stereocenters. The van der Waals surface area contributed by atoms with Crippen molar-refractivity contribution >= 4 is 16.7 Å². The lowest BCUT2D eigenvalue weighted by Gasteiger charge is -2.10. The van der Waals surface area contributed by atoms with E-state index in [1.54, 1.807) is 12.4 Å². The average molecular weight is 431 g/mol. The molecule has 158 valence electrons. The Hall–Kier alpha value is -3.14. The van der Waals surface area contributed by atoms with E-state index in [0.29, 0.717) is 13.0 Å². The molecule has 0 aliphatic heterocycles. The number of aromatic nitrogens is 1. The number of unbranched alkanes of at least 4 members (excludes halogenated alkanes) is 2. The minimum Gasteiger partial charge on any atom is -0.264 e. The van der Waals surface area contributed by atoms with Crippen molar-refractivity contribution in [3.8, 4) is 17.3 Å². The maximum atomic E-state index is 12.8. The molecule has 2 aromatic carbocycles. The minimum absolute atomic E-state index is 0.653. The third-order valence-electron chi connectivity index (χ3n) is 4.89. The second kappa shape index (κ2) is 12.5. The number of nitriles is 1. The molecule has 1 aromatic heterocycles. The Kier molecular flexibility index (Phi) is 9.11. The summed E-state index contributed by atoms with van der Waals surface area (Å²) in [5, 5.41) is 8.93. The lowest BCUT2D eigenvalue weighted by atomic mass is 10.0. The van der Waals surface area contributed by atoms with Gasteiger partial charge in [-0.15, -0.1) is 0 Å². The Labute approximate surface area is 186 Å². The van der Waals surface area contributed by atoms with Crippen molar-refractivity contribution in [3.05, 3.63) is 84.7 Å². The number of pyridine rings is 1. The maximum Gasteiger partial charge on any atom is 0.205 e. The first kappa shape index (κ1) is 22.5. The van der Waals surface area contributed by atoms with Crippen LogP contribution < -0.4 is 4.72 Å². The van der Waals surface area contributed by atoms with Crippen molar-refractivity contribution in [1.82, 2.24) is 9.71 Å². The standard InChI is InChI=1S/C25H26N4OS/c26-20-28-23(18-21-10-9-16-27-19-21)13-5-2-8-17-29-31(30)25-15-7-6-14-24(25)22-11-3-1-4-12-22/h1,3-4,6-7,9-12,14-16,19,29H,2,5,8,13,17-18H2. The molecule has 3 aromatic rings. The van der Waals surface area contributed by atoms with Gasteiger partial charge in [0.15, 0.2) is 0 Å². The van der Waals surface area contributed by atoms with Gasteiger partial charge in [0, 0.05) is 31.1 Å². The highest BCUT2D eigenvalue weighted by Gasteiger charge is 2.10. The summed E-state index contributed by atoms with van der Waals surface area (Å²) >= 11 is 0. The van der Waals surface area contributed by atoms with Crippen LogP contribution in [-0.4, -0.2) is 21.4 Å². The van der Waals surface area contributed by atoms with E-state index in [1.807, 2.05) is 72.9 Å². The van der Waals surface area contributed by atoms with Crippen LogP contribution in [0.4, 0.5) is 0 Å². The van der Waals surface area contributed by atoms with Gasteiger partial charge in [0.05, 0.1) is 4.90 Å². The van der Waals surface area contributed by atoms with E-state index in [9.17, 15) is 4.21 Å². The number of aliphatic imine (C=N–C) groups is 1. The Morgan fingerprint density at radius 3 is 2.58 bits per heavy atom. The third kappa shape index (κ3) is 7.25. The summed E-state index contributed by atoms with van der Waals surface area (Å²) in [5.41, 5.74) is 3.99. The molecule has 31 heavy (non-hydrogen) atoms. The van der Waals surface area contributed by atoms with Gasteiger partial charge in [-0.2, -0.15) is 10.3 Å². The highest BCUT2D eigenvalue weighted by molar-refractivity contribution is 7.83. The van der Waals surface area contributed by atoms with Gasteiger partial charge >= 0.3 is 0 Å². The lowest BCUT2D eigenvalue weighted by Crippen LogP contribution is -2.19. The molecule has 3 rings (SSSR count). The van der Waals surface area contributed by atoms with Crippen molar-refractivity contribution in [2.75, 3.05) is 6.54 Å². The number of rotatable bonds is 11. The van der Waals surface area contributed by atoms with Gasteiger partial charge in [-0.05, 0) is 48.1 Å². The van der Waals surface area contributed by atoms with Crippen LogP contribution in [0.1, 0.15) is 31.2 Å². The van der Waals surface area contributed by atoms with E-state index in [2.05, 4.69) is 14.7 Å². The summed E-state index contributed by atoms with van der Waals surface area (Å²) in [6.07, 6.45) is 9.70. The number of benzene rings is 2. The monoisotopic (exact) mass is 430 g/mol. The zero-order valence-electron chi connectivity index (χ0n) is 17.4. The fraction of sp³-hybridized carbons (Fsp3) is 0.240. The molecular weight excluding hydrogens is 404 g/mol. The van der Waals surface area contributed by atoms with Crippen molar-refractivity contribution in [2.24, 2.45) is 4.99 Å². The van der Waals surface area contributed by atoms with E-state index >= 15 is 0 Å². The highest BCUT2D eigenvalue weighted by Crippen LogP contribution is 2.25. The molecule has 5 nitrogen and oxygen atoms in total. The molecular formula is C25H26N4OS. The molecule has 0 aliphatic carbocycles. The SMILES string of the molecule is N#CN=C(CCCCCNS(=O)c1ccccc1-c1ccccc1)Cc1cccnc1. The second-order valence-electron chi connectivity index (χ2n) is 7.15. The summed E-state index contributed by atoms with van der Waals surface area (Å²) in [5.74, 6) is 0. The molecule has 0 spiro atoms. The summed E-state index contributed by atoms with van der Waals surface area (Å²) < 4.78 is 16.0. The van der Waals surface area contributed by atoms with Gasteiger partial charge in [-0.3, -0.25) is 4.98 Å². The Bertz CT molecular complexity index is 1050. The molecule has 6 heteroatoms. The quantitative estimate of drug-likeness (QED) is 0.262. The first-order chi connectivity index (χ1) is 15.3. The van der Waals surface area contributed by atoms with Gasteiger partial charge in [0.1, 0.15) is 11.0 Å². The van der Waals surface area contributed by atoms with Crippen LogP contribution in [0.25, 0.3) is 11.1 Å². The van der Waals surface area contributed by atoms with Gasteiger partial charge in [0.2, 0.25) is 6.19 Å². The average Bonchev–Trinajstić information content (AvgIpc) is 2.82. The predicted molar refractivity (Wildman–Crippen MR) is 126 cm³/mol. The largest absolute Gasteiger partial charge is 0.264 e. The van der Waals surface area contributed by atoms with Crippen molar-refractivity contribution < 1.29 is 4.21 Å². The number of nitrogens with zero attached hydrogens (tertiary/aromatic N) is 3. The molecule has 0 fully saturated rings. The summed E-state index contributed by atoms with van der Waals surface area (Å²) in [6.45, 7) is 0.670. The van der Waals surface area contributed by atoms with Gasteiger partial charge in [-0.25, -0.2) is 8.93 Å². The molecule has 0 radical (unpaired) electrons. The van der Waals surface area contributed by atoms with E-state index in [4.69, 9.17) is 5.26 Å². The van der Waals surface area contributed by atoms with Gasteiger partial charge in [-0.1, -0.05) is 61.0 Å². The Balaban J connectivity index is 1.44. The summed E-state index contributed by atoms with van der Waals surface area (Å²) in [4.78, 5) is 8.88. The van der Waals surface area contributed by atoms with Gasteiger partial charge < -0.3 is 0 Å². The molecule has 1 N–H and O–H groups in total. The van der Waals surface area contributed by atoms with Crippen LogP contribution in [0.15, 0.2) is 89.0 Å². The van der Waals surface area contributed by atoms with Gasteiger partial charge in [0.25, 0.3) is 0 Å². The van der Waals surface area contributed by atoms with Crippen LogP contribution >= 0.6 is 0 Å². The number of hydrogen-bond acceptors (Lipinski definition) is 4. The van der Waals surface area contributed by atoms with Crippen molar-refractivity contribution in [3.63, 3.8) is 0 Å². The fourth-order valence-corrected chi connectivity index (χ4v) is 4.42. The van der Waals surface area contributed by atoms with Crippen molar-refractivity contribution in [1.29, 1.82) is 5.26 Å². The summed E-state index contributed by atoms with van der Waals surface area (Å²) in [7, 11) is -1.26. The lowest BCUT2D eigenvalue weighted by molar-refractivity contribution is 0.652. The van der Waals surface area contributed by atoms with Crippen LogP contribution in [0.3, 0.4) is 0 Å². The molecule has 0 saturated heterocycles. The number of hydrogen-bond donors (Lipinski definition) is 1. The fourth-order valence-electron chi connectivity index (χ4n) is 3.35. The predicted octanol–water partition coefficient (Wildman–Crippen LogP) is 5.09. The summed E-state index contributed by atoms with van der Waals surface area (Å²) in [6, 6.07) is 21.7.